The van der Waals surface area contributed by atoms with Gasteiger partial charge in [-0.3, -0.25) is 0 Å². The molecule has 2 heterocycles. The minimum atomic E-state index is -0.816. The van der Waals surface area contributed by atoms with E-state index in [2.05, 4.69) is 9.97 Å². The second-order valence-corrected chi connectivity index (χ2v) is 5.59. The zero-order chi connectivity index (χ0) is 15.4. The number of carboxylic acids is 1. The number of carbonyl (C=O) groups is 1. The molecule has 1 aliphatic rings. The molecule has 0 spiro atoms. The fourth-order valence-electron chi connectivity index (χ4n) is 2.72. The molecule has 1 aliphatic heterocycles. The van der Waals surface area contributed by atoms with Crippen molar-refractivity contribution in [2.45, 2.75) is 46.1 Å². The number of nitrogens with zero attached hydrogens (tertiary/aromatic N) is 3. The molecule has 2 unspecified atom stereocenters. The average molecular weight is 293 g/mol. The molecule has 0 amide bonds. The molecule has 0 saturated carbocycles. The maximum absolute atomic E-state index is 11.6. The van der Waals surface area contributed by atoms with Crippen LogP contribution >= 0.6 is 0 Å². The summed E-state index contributed by atoms with van der Waals surface area (Å²) in [5, 5.41) is 9.49. The van der Waals surface area contributed by atoms with E-state index in [1.165, 1.54) is 0 Å². The summed E-state index contributed by atoms with van der Waals surface area (Å²) in [4.78, 5) is 22.2. The van der Waals surface area contributed by atoms with Crippen molar-refractivity contribution < 1.29 is 14.6 Å². The van der Waals surface area contributed by atoms with E-state index in [1.54, 1.807) is 11.0 Å². The van der Waals surface area contributed by atoms with Gasteiger partial charge in [-0.25, -0.2) is 9.78 Å². The van der Waals surface area contributed by atoms with Crippen LogP contribution in [0.4, 0.5) is 5.95 Å². The highest BCUT2D eigenvalue weighted by Gasteiger charge is 2.35. The predicted molar refractivity (Wildman–Crippen MR) is 79.7 cm³/mol. The summed E-state index contributed by atoms with van der Waals surface area (Å²) < 4.78 is 5.56. The highest BCUT2D eigenvalue weighted by molar-refractivity contribution is 5.78. The first kappa shape index (κ1) is 15.5. The third kappa shape index (κ3) is 3.62. The normalized spacial score (nSPS) is 22.1. The summed E-state index contributed by atoms with van der Waals surface area (Å²) in [6, 6.07) is 1.21. The van der Waals surface area contributed by atoms with Crippen LogP contribution in [-0.2, 0) is 4.79 Å². The summed E-state index contributed by atoms with van der Waals surface area (Å²) in [5.41, 5.74) is 0.786. The van der Waals surface area contributed by atoms with Crippen LogP contribution in [0.3, 0.4) is 0 Å². The van der Waals surface area contributed by atoms with Crippen LogP contribution in [0.1, 0.15) is 38.8 Å². The molecule has 0 aromatic carbocycles. The molecule has 0 radical (unpaired) electrons. The Morgan fingerprint density at radius 2 is 2.29 bits per heavy atom. The van der Waals surface area contributed by atoms with Gasteiger partial charge in [0.05, 0.1) is 6.61 Å². The molecule has 2 rings (SSSR count). The molecule has 1 fully saturated rings. The number of piperidine rings is 1. The molecule has 0 aliphatic carbocycles. The Hall–Kier alpha value is -1.85. The lowest BCUT2D eigenvalue weighted by Crippen LogP contribution is -2.50. The van der Waals surface area contributed by atoms with Crippen molar-refractivity contribution in [2.75, 3.05) is 18.1 Å². The Balaban J connectivity index is 2.30. The Morgan fingerprint density at radius 3 is 2.95 bits per heavy atom. The SMILES string of the molecule is CCCOc1cc(C)nc(N2CCCC(C)C2C(=O)O)n1. The molecule has 1 saturated heterocycles. The van der Waals surface area contributed by atoms with Crippen molar-refractivity contribution in [3.63, 3.8) is 0 Å². The topological polar surface area (TPSA) is 75.5 Å². The maximum Gasteiger partial charge on any atom is 0.326 e. The number of aromatic nitrogens is 2. The van der Waals surface area contributed by atoms with Crippen molar-refractivity contribution in [3.05, 3.63) is 11.8 Å². The Kier molecular flexibility index (Phi) is 4.98. The van der Waals surface area contributed by atoms with Gasteiger partial charge >= 0.3 is 5.97 Å². The van der Waals surface area contributed by atoms with Crippen LogP contribution < -0.4 is 9.64 Å². The van der Waals surface area contributed by atoms with E-state index in [-0.39, 0.29) is 5.92 Å². The number of anilines is 1. The molecule has 1 N–H and O–H groups in total. The van der Waals surface area contributed by atoms with Gasteiger partial charge in [0.1, 0.15) is 6.04 Å². The second-order valence-electron chi connectivity index (χ2n) is 5.59. The van der Waals surface area contributed by atoms with Crippen molar-refractivity contribution >= 4 is 11.9 Å². The molecule has 1 aromatic rings. The quantitative estimate of drug-likeness (QED) is 0.897. The molecule has 116 valence electrons. The largest absolute Gasteiger partial charge is 0.480 e. The van der Waals surface area contributed by atoms with Crippen molar-refractivity contribution in [1.82, 2.24) is 9.97 Å². The summed E-state index contributed by atoms with van der Waals surface area (Å²) in [5.74, 6) is 0.241. The zero-order valence-electron chi connectivity index (χ0n) is 12.9. The monoisotopic (exact) mass is 293 g/mol. The number of rotatable bonds is 5. The molecular weight excluding hydrogens is 270 g/mol. The third-order valence-corrected chi connectivity index (χ3v) is 3.72. The van der Waals surface area contributed by atoms with Gasteiger partial charge in [0, 0.05) is 18.3 Å². The van der Waals surface area contributed by atoms with Crippen molar-refractivity contribution in [3.8, 4) is 5.88 Å². The van der Waals surface area contributed by atoms with Crippen LogP contribution in [-0.4, -0.2) is 40.2 Å². The van der Waals surface area contributed by atoms with Gasteiger partial charge in [-0.2, -0.15) is 4.98 Å². The summed E-state index contributed by atoms with van der Waals surface area (Å²) >= 11 is 0. The first-order valence-corrected chi connectivity index (χ1v) is 7.51. The van der Waals surface area contributed by atoms with Gasteiger partial charge in [-0.15, -0.1) is 0 Å². The standard InChI is InChI=1S/C15H23N3O3/c1-4-8-21-12-9-11(3)16-15(17-12)18-7-5-6-10(2)13(18)14(19)20/h9-10,13H,4-8H2,1-3H3,(H,19,20). The molecule has 6 heteroatoms. The number of carboxylic acid groups (broad SMARTS) is 1. The first-order chi connectivity index (χ1) is 10.0. The highest BCUT2D eigenvalue weighted by atomic mass is 16.5. The van der Waals surface area contributed by atoms with Crippen LogP contribution in [0.15, 0.2) is 6.07 Å². The van der Waals surface area contributed by atoms with Crippen LogP contribution in [0.25, 0.3) is 0 Å². The molecule has 0 bridgehead atoms. The smallest absolute Gasteiger partial charge is 0.326 e. The van der Waals surface area contributed by atoms with Crippen molar-refractivity contribution in [2.24, 2.45) is 5.92 Å². The van der Waals surface area contributed by atoms with Crippen LogP contribution in [0.2, 0.25) is 0 Å². The van der Waals surface area contributed by atoms with Gasteiger partial charge in [0.25, 0.3) is 0 Å². The maximum atomic E-state index is 11.6. The first-order valence-electron chi connectivity index (χ1n) is 7.51. The Morgan fingerprint density at radius 1 is 1.52 bits per heavy atom. The molecule has 1 aromatic heterocycles. The summed E-state index contributed by atoms with van der Waals surface area (Å²) in [7, 11) is 0. The predicted octanol–water partition coefficient (Wildman–Crippen LogP) is 2.26. The van der Waals surface area contributed by atoms with Crippen LogP contribution in [0, 0.1) is 12.8 Å². The second kappa shape index (κ2) is 6.74. The molecule has 6 nitrogen and oxygen atoms in total. The van der Waals surface area contributed by atoms with E-state index in [4.69, 9.17) is 4.74 Å². The number of hydrogen-bond acceptors (Lipinski definition) is 5. The Labute approximate surface area is 125 Å². The van der Waals surface area contributed by atoms with E-state index in [1.807, 2.05) is 20.8 Å². The highest BCUT2D eigenvalue weighted by Crippen LogP contribution is 2.28. The summed E-state index contributed by atoms with van der Waals surface area (Å²) in [6.45, 7) is 7.12. The van der Waals surface area contributed by atoms with Gasteiger partial charge < -0.3 is 14.7 Å². The van der Waals surface area contributed by atoms with Gasteiger partial charge in [-0.05, 0) is 32.1 Å². The average Bonchev–Trinajstić information content (AvgIpc) is 2.43. The van der Waals surface area contributed by atoms with Gasteiger partial charge in [0.15, 0.2) is 0 Å². The van der Waals surface area contributed by atoms with E-state index >= 15 is 0 Å². The molecule has 2 atom stereocenters. The fraction of sp³-hybridized carbons (Fsp3) is 0.667. The van der Waals surface area contributed by atoms with Crippen LogP contribution in [0.5, 0.6) is 5.88 Å². The van der Waals surface area contributed by atoms with Crippen molar-refractivity contribution in [1.29, 1.82) is 0 Å². The Bertz CT molecular complexity index is 507. The van der Waals surface area contributed by atoms with Gasteiger partial charge in [-0.1, -0.05) is 13.8 Å². The molecular formula is C15H23N3O3. The summed E-state index contributed by atoms with van der Waals surface area (Å²) in [6.07, 6.45) is 2.77. The number of aliphatic carboxylic acids is 1. The van der Waals surface area contributed by atoms with E-state index in [0.29, 0.717) is 25.0 Å². The lowest BCUT2D eigenvalue weighted by Gasteiger charge is -2.37. The van der Waals surface area contributed by atoms with E-state index in [9.17, 15) is 9.90 Å². The number of hydrogen-bond donors (Lipinski definition) is 1. The lowest BCUT2D eigenvalue weighted by molar-refractivity contribution is -0.140. The van der Waals surface area contributed by atoms with E-state index in [0.717, 1.165) is 25.0 Å². The van der Waals surface area contributed by atoms with E-state index < -0.39 is 12.0 Å². The minimum Gasteiger partial charge on any atom is -0.480 e. The number of ether oxygens (including phenoxy) is 1. The molecule has 21 heavy (non-hydrogen) atoms. The lowest BCUT2D eigenvalue weighted by atomic mass is 9.91. The minimum absolute atomic E-state index is 0.0837. The fourth-order valence-corrected chi connectivity index (χ4v) is 2.72. The third-order valence-electron chi connectivity index (χ3n) is 3.72. The zero-order valence-corrected chi connectivity index (χ0v) is 12.9. The van der Waals surface area contributed by atoms with Gasteiger partial charge in [0.2, 0.25) is 11.8 Å². The number of aryl methyl sites for hydroxylation is 1.